The van der Waals surface area contributed by atoms with E-state index in [2.05, 4.69) is 4.98 Å². The van der Waals surface area contributed by atoms with E-state index in [4.69, 9.17) is 5.11 Å². The molecule has 112 valence electrons. The Bertz CT molecular complexity index is 648. The first-order valence-electron chi connectivity index (χ1n) is 6.50. The molecule has 7 heteroatoms. The summed E-state index contributed by atoms with van der Waals surface area (Å²) in [7, 11) is 0. The Kier molecular flexibility index (Phi) is 5.08. The zero-order valence-corrected chi connectivity index (χ0v) is 13.5. The number of carboxylic acid groups (broad SMARTS) is 1. The first kappa shape index (κ1) is 15.7. The Balaban J connectivity index is 2.17. The summed E-state index contributed by atoms with van der Waals surface area (Å²) in [5, 5.41) is 10.00. The van der Waals surface area contributed by atoms with Gasteiger partial charge in [0.15, 0.2) is 0 Å². The lowest BCUT2D eigenvalue weighted by Gasteiger charge is -2.18. The van der Waals surface area contributed by atoms with Crippen molar-refractivity contribution in [1.82, 2.24) is 9.88 Å². The van der Waals surface area contributed by atoms with Gasteiger partial charge in [-0.3, -0.25) is 9.59 Å². The van der Waals surface area contributed by atoms with Crippen LogP contribution >= 0.6 is 22.7 Å². The lowest BCUT2D eigenvalue weighted by Crippen LogP contribution is -2.34. The number of carboxylic acids is 1. The van der Waals surface area contributed by atoms with E-state index < -0.39 is 5.97 Å². The topological polar surface area (TPSA) is 70.5 Å². The monoisotopic (exact) mass is 324 g/mol. The minimum Gasteiger partial charge on any atom is -0.480 e. The molecule has 2 heterocycles. The molecule has 0 aliphatic rings. The molecule has 2 rings (SSSR count). The third-order valence-electron chi connectivity index (χ3n) is 2.82. The summed E-state index contributed by atoms with van der Waals surface area (Å²) in [5.41, 5.74) is 0. The summed E-state index contributed by atoms with van der Waals surface area (Å²) in [4.78, 5) is 31.5. The molecule has 1 amide bonds. The number of thiophene rings is 1. The second-order valence-corrected chi connectivity index (χ2v) is 7.03. The van der Waals surface area contributed by atoms with Crippen molar-refractivity contribution < 1.29 is 14.7 Å². The van der Waals surface area contributed by atoms with Gasteiger partial charge < -0.3 is 10.0 Å². The number of rotatable bonds is 6. The second-order valence-electron chi connectivity index (χ2n) is 4.54. The molecule has 0 aliphatic carbocycles. The Hall–Kier alpha value is -1.73. The largest absolute Gasteiger partial charge is 0.480 e. The van der Waals surface area contributed by atoms with Crippen molar-refractivity contribution in [1.29, 1.82) is 0 Å². The van der Waals surface area contributed by atoms with E-state index in [1.165, 1.54) is 27.6 Å². The molecular formula is C14H16N2O3S2. The lowest BCUT2D eigenvalue weighted by atomic mass is 10.3. The van der Waals surface area contributed by atoms with Crippen LogP contribution in [-0.2, 0) is 17.8 Å². The SMILES string of the molecule is CCc1ncc(CN(CC(=O)O)C(=O)c2ccc(C)s2)s1. The molecule has 0 saturated heterocycles. The molecule has 0 aliphatic heterocycles. The van der Waals surface area contributed by atoms with E-state index in [-0.39, 0.29) is 19.0 Å². The van der Waals surface area contributed by atoms with Crippen LogP contribution in [0.4, 0.5) is 0 Å². The summed E-state index contributed by atoms with van der Waals surface area (Å²) >= 11 is 2.89. The molecule has 0 bridgehead atoms. The second kappa shape index (κ2) is 6.82. The zero-order chi connectivity index (χ0) is 15.4. The van der Waals surface area contributed by atoms with E-state index in [1.54, 1.807) is 12.3 Å². The van der Waals surface area contributed by atoms with Crippen molar-refractivity contribution in [2.24, 2.45) is 0 Å². The number of thiazole rings is 1. The summed E-state index contributed by atoms with van der Waals surface area (Å²) < 4.78 is 0. The number of carbonyl (C=O) groups is 2. The molecule has 0 radical (unpaired) electrons. The van der Waals surface area contributed by atoms with Crippen LogP contribution in [0.1, 0.15) is 31.4 Å². The Morgan fingerprint density at radius 2 is 2.10 bits per heavy atom. The predicted molar refractivity (Wildman–Crippen MR) is 82.9 cm³/mol. The Morgan fingerprint density at radius 3 is 2.62 bits per heavy atom. The zero-order valence-electron chi connectivity index (χ0n) is 11.8. The maximum absolute atomic E-state index is 12.4. The highest BCUT2D eigenvalue weighted by Crippen LogP contribution is 2.20. The van der Waals surface area contributed by atoms with Gasteiger partial charge in [-0.05, 0) is 25.5 Å². The van der Waals surface area contributed by atoms with Crippen molar-refractivity contribution in [3.8, 4) is 0 Å². The van der Waals surface area contributed by atoms with Crippen LogP contribution in [0.3, 0.4) is 0 Å². The number of carbonyl (C=O) groups excluding carboxylic acids is 1. The molecule has 2 aromatic heterocycles. The van der Waals surface area contributed by atoms with Gasteiger partial charge in [-0.25, -0.2) is 4.98 Å². The van der Waals surface area contributed by atoms with Crippen LogP contribution in [0.2, 0.25) is 0 Å². The molecule has 2 aromatic rings. The molecular weight excluding hydrogens is 308 g/mol. The van der Waals surface area contributed by atoms with Crippen molar-refractivity contribution in [2.75, 3.05) is 6.54 Å². The normalized spacial score (nSPS) is 10.6. The highest BCUT2D eigenvalue weighted by Gasteiger charge is 2.21. The van der Waals surface area contributed by atoms with E-state index >= 15 is 0 Å². The van der Waals surface area contributed by atoms with Crippen molar-refractivity contribution in [2.45, 2.75) is 26.8 Å². The number of aliphatic carboxylic acids is 1. The molecule has 0 spiro atoms. The number of nitrogens with zero attached hydrogens (tertiary/aromatic N) is 2. The maximum Gasteiger partial charge on any atom is 0.323 e. The molecule has 21 heavy (non-hydrogen) atoms. The minimum absolute atomic E-state index is 0.248. The van der Waals surface area contributed by atoms with Gasteiger partial charge in [-0.15, -0.1) is 22.7 Å². The van der Waals surface area contributed by atoms with Gasteiger partial charge in [0, 0.05) is 16.0 Å². The van der Waals surface area contributed by atoms with Crippen LogP contribution in [0.25, 0.3) is 0 Å². The van der Waals surface area contributed by atoms with Crippen molar-refractivity contribution >= 4 is 34.6 Å². The van der Waals surface area contributed by atoms with Gasteiger partial charge in [-0.1, -0.05) is 6.92 Å². The summed E-state index contributed by atoms with van der Waals surface area (Å²) in [5.74, 6) is -1.26. The van der Waals surface area contributed by atoms with Gasteiger partial charge in [-0.2, -0.15) is 0 Å². The average Bonchev–Trinajstić information content (AvgIpc) is 3.05. The van der Waals surface area contributed by atoms with Gasteiger partial charge in [0.05, 0.1) is 16.4 Å². The number of hydrogen-bond donors (Lipinski definition) is 1. The fraction of sp³-hybridized carbons (Fsp3) is 0.357. The van der Waals surface area contributed by atoms with Crippen molar-refractivity contribution in [3.05, 3.63) is 38.0 Å². The summed E-state index contributed by atoms with van der Waals surface area (Å²) in [6.07, 6.45) is 2.55. The van der Waals surface area contributed by atoms with E-state index in [1.807, 2.05) is 19.9 Å². The van der Waals surface area contributed by atoms with Crippen LogP contribution in [0, 0.1) is 6.92 Å². The lowest BCUT2D eigenvalue weighted by molar-refractivity contribution is -0.137. The number of aromatic nitrogens is 1. The number of amides is 1. The first-order chi connectivity index (χ1) is 9.99. The molecule has 0 fully saturated rings. The third-order valence-corrected chi connectivity index (χ3v) is 4.93. The number of aryl methyl sites for hydroxylation is 2. The smallest absolute Gasteiger partial charge is 0.323 e. The maximum atomic E-state index is 12.4. The predicted octanol–water partition coefficient (Wildman–Crippen LogP) is 2.80. The Labute approximate surface area is 130 Å². The number of hydrogen-bond acceptors (Lipinski definition) is 5. The fourth-order valence-electron chi connectivity index (χ4n) is 1.84. The molecule has 1 N–H and O–H groups in total. The summed E-state index contributed by atoms with van der Waals surface area (Å²) in [6, 6.07) is 3.60. The van der Waals surface area contributed by atoms with Crippen LogP contribution in [0.15, 0.2) is 18.3 Å². The molecule has 0 aromatic carbocycles. The van der Waals surface area contributed by atoms with Gasteiger partial charge in [0.1, 0.15) is 6.54 Å². The standard InChI is InChI=1S/C14H16N2O3S2/c1-3-12-15-6-10(21-12)7-16(8-13(17)18)14(19)11-5-4-9(2)20-11/h4-6H,3,7-8H2,1-2H3,(H,17,18). The highest BCUT2D eigenvalue weighted by molar-refractivity contribution is 7.14. The highest BCUT2D eigenvalue weighted by atomic mass is 32.1. The van der Waals surface area contributed by atoms with E-state index in [0.29, 0.717) is 4.88 Å². The first-order valence-corrected chi connectivity index (χ1v) is 8.14. The quantitative estimate of drug-likeness (QED) is 0.887. The average molecular weight is 324 g/mol. The van der Waals surface area contributed by atoms with Crippen LogP contribution in [-0.4, -0.2) is 33.4 Å². The van der Waals surface area contributed by atoms with E-state index in [9.17, 15) is 9.59 Å². The third kappa shape index (κ3) is 4.12. The van der Waals surface area contributed by atoms with E-state index in [0.717, 1.165) is 21.2 Å². The van der Waals surface area contributed by atoms with Gasteiger partial charge in [0.2, 0.25) is 0 Å². The molecule has 0 unspecified atom stereocenters. The molecule has 0 atom stereocenters. The molecule has 5 nitrogen and oxygen atoms in total. The minimum atomic E-state index is -1.02. The van der Waals surface area contributed by atoms with Gasteiger partial charge in [0.25, 0.3) is 5.91 Å². The van der Waals surface area contributed by atoms with Crippen LogP contribution < -0.4 is 0 Å². The van der Waals surface area contributed by atoms with Crippen molar-refractivity contribution in [3.63, 3.8) is 0 Å². The van der Waals surface area contributed by atoms with Gasteiger partial charge >= 0.3 is 5.97 Å². The Morgan fingerprint density at radius 1 is 1.33 bits per heavy atom. The molecule has 0 saturated carbocycles. The van der Waals surface area contributed by atoms with Crippen LogP contribution in [0.5, 0.6) is 0 Å². The summed E-state index contributed by atoms with van der Waals surface area (Å²) in [6.45, 7) is 3.89. The fourth-order valence-corrected chi connectivity index (χ4v) is 3.55.